The molecule has 0 aliphatic heterocycles. The molecule has 1 aromatic heterocycles. The topological polar surface area (TPSA) is 98.3 Å². The summed E-state index contributed by atoms with van der Waals surface area (Å²) < 4.78 is 44.2. The van der Waals surface area contributed by atoms with Crippen molar-refractivity contribution >= 4 is 5.69 Å². The van der Waals surface area contributed by atoms with Crippen molar-refractivity contribution in [2.75, 3.05) is 7.11 Å². The lowest BCUT2D eigenvalue weighted by atomic mass is 10.1. The first kappa shape index (κ1) is 14.5. The molecule has 0 saturated carbocycles. The molecule has 7 nitrogen and oxygen atoms in total. The second kappa shape index (κ2) is 5.38. The summed E-state index contributed by atoms with van der Waals surface area (Å²) in [5, 5.41) is 19.3. The number of aromatic nitrogens is 1. The van der Waals surface area contributed by atoms with Crippen LogP contribution in [-0.2, 0) is 6.42 Å². The normalized spacial score (nSPS) is 10.7. The van der Waals surface area contributed by atoms with Crippen LogP contribution in [0.25, 0.3) is 0 Å². The van der Waals surface area contributed by atoms with Gasteiger partial charge in [0.15, 0.2) is 0 Å². The van der Waals surface area contributed by atoms with Gasteiger partial charge in [0.05, 0.1) is 30.6 Å². The second-order valence-corrected chi connectivity index (χ2v) is 3.11. The van der Waals surface area contributed by atoms with Gasteiger partial charge in [0.2, 0.25) is 11.8 Å². The number of methoxy groups -OCH3 is 1. The van der Waals surface area contributed by atoms with Crippen molar-refractivity contribution in [1.82, 2.24) is 4.98 Å². The van der Waals surface area contributed by atoms with Crippen molar-refractivity contribution in [3.8, 4) is 17.8 Å². The lowest BCUT2D eigenvalue weighted by molar-refractivity contribution is -0.385. The van der Waals surface area contributed by atoms with E-state index in [0.717, 1.165) is 7.11 Å². The first-order chi connectivity index (χ1) is 8.78. The maximum Gasteiger partial charge on any atom is 0.574 e. The van der Waals surface area contributed by atoms with E-state index in [9.17, 15) is 23.3 Å². The Kier molecular flexibility index (Phi) is 4.11. The summed E-state index contributed by atoms with van der Waals surface area (Å²) in [6.45, 7) is 0. The van der Waals surface area contributed by atoms with Gasteiger partial charge in [-0.2, -0.15) is 10.2 Å². The number of pyridine rings is 1. The lowest BCUT2D eigenvalue weighted by Crippen LogP contribution is -2.18. The molecule has 102 valence electrons. The van der Waals surface area contributed by atoms with E-state index in [4.69, 9.17) is 5.26 Å². The molecule has 0 saturated heterocycles. The lowest BCUT2D eigenvalue weighted by Gasteiger charge is -2.11. The highest BCUT2D eigenvalue weighted by Gasteiger charge is 2.34. The average molecular weight is 277 g/mol. The number of alkyl halides is 3. The SMILES string of the molecule is COc1nc(OC(F)(F)F)cc([N+](=O)[O-])c1CC#N. The van der Waals surface area contributed by atoms with Crippen LogP contribution < -0.4 is 9.47 Å². The number of halogens is 3. The minimum atomic E-state index is -5.04. The van der Waals surface area contributed by atoms with Gasteiger partial charge < -0.3 is 9.47 Å². The predicted octanol–water partition coefficient (Wildman–Crippen LogP) is 1.96. The molecular formula is C9H6F3N3O4. The maximum atomic E-state index is 12.0. The van der Waals surface area contributed by atoms with E-state index < -0.39 is 35.2 Å². The Labute approximate surface area is 104 Å². The minimum absolute atomic E-state index is 0.218. The Morgan fingerprint density at radius 2 is 2.21 bits per heavy atom. The zero-order valence-corrected chi connectivity index (χ0v) is 9.39. The van der Waals surface area contributed by atoms with Crippen LogP contribution in [0.15, 0.2) is 6.07 Å². The summed E-state index contributed by atoms with van der Waals surface area (Å²) >= 11 is 0. The van der Waals surface area contributed by atoms with Crippen molar-refractivity contribution in [1.29, 1.82) is 5.26 Å². The van der Waals surface area contributed by atoms with E-state index in [-0.39, 0.29) is 5.56 Å². The van der Waals surface area contributed by atoms with E-state index in [0.29, 0.717) is 6.07 Å². The van der Waals surface area contributed by atoms with Crippen LogP contribution in [0.3, 0.4) is 0 Å². The third-order valence-electron chi connectivity index (χ3n) is 1.91. The Balaban J connectivity index is 3.37. The zero-order valence-electron chi connectivity index (χ0n) is 9.39. The van der Waals surface area contributed by atoms with E-state index in [1.54, 1.807) is 6.07 Å². The molecule has 0 N–H and O–H groups in total. The zero-order chi connectivity index (χ0) is 14.6. The third-order valence-corrected chi connectivity index (χ3v) is 1.91. The van der Waals surface area contributed by atoms with Crippen LogP contribution in [0.2, 0.25) is 0 Å². The number of nitro groups is 1. The highest BCUT2D eigenvalue weighted by atomic mass is 19.4. The summed E-state index contributed by atoms with van der Waals surface area (Å²) in [6.07, 6.45) is -5.47. The van der Waals surface area contributed by atoms with Crippen LogP contribution in [-0.4, -0.2) is 23.4 Å². The first-order valence-electron chi connectivity index (χ1n) is 4.63. The first-order valence-corrected chi connectivity index (χ1v) is 4.63. The highest BCUT2D eigenvalue weighted by Crippen LogP contribution is 2.33. The number of ether oxygens (including phenoxy) is 2. The van der Waals surface area contributed by atoms with Crippen LogP contribution >= 0.6 is 0 Å². The van der Waals surface area contributed by atoms with Crippen molar-refractivity contribution in [3.63, 3.8) is 0 Å². The van der Waals surface area contributed by atoms with E-state index in [2.05, 4.69) is 14.5 Å². The minimum Gasteiger partial charge on any atom is -0.481 e. The molecule has 10 heteroatoms. The molecule has 1 aromatic rings. The molecule has 0 amide bonds. The molecule has 1 heterocycles. The molecule has 0 aromatic carbocycles. The Hall–Kier alpha value is -2.57. The fourth-order valence-electron chi connectivity index (χ4n) is 1.26. The van der Waals surface area contributed by atoms with E-state index >= 15 is 0 Å². The van der Waals surface area contributed by atoms with Gasteiger partial charge in [0.1, 0.15) is 5.56 Å². The van der Waals surface area contributed by atoms with Gasteiger partial charge in [0, 0.05) is 0 Å². The smallest absolute Gasteiger partial charge is 0.481 e. The monoisotopic (exact) mass is 277 g/mol. The van der Waals surface area contributed by atoms with Gasteiger partial charge in [0.25, 0.3) is 5.69 Å². The van der Waals surface area contributed by atoms with Crippen molar-refractivity contribution in [3.05, 3.63) is 21.7 Å². The summed E-state index contributed by atoms with van der Waals surface area (Å²) in [6, 6.07) is 2.12. The number of hydrogen-bond acceptors (Lipinski definition) is 6. The molecule has 1 rings (SSSR count). The quantitative estimate of drug-likeness (QED) is 0.616. The molecule has 0 atom stereocenters. The molecule has 0 radical (unpaired) electrons. The van der Waals surface area contributed by atoms with Gasteiger partial charge in [-0.15, -0.1) is 13.2 Å². The number of nitrogens with zero attached hydrogens (tertiary/aromatic N) is 3. The van der Waals surface area contributed by atoms with Crippen molar-refractivity contribution < 1.29 is 27.6 Å². The van der Waals surface area contributed by atoms with Crippen LogP contribution in [0, 0.1) is 21.4 Å². The number of rotatable bonds is 4. The van der Waals surface area contributed by atoms with Gasteiger partial charge in [-0.3, -0.25) is 10.1 Å². The maximum absolute atomic E-state index is 12.0. The van der Waals surface area contributed by atoms with Gasteiger partial charge >= 0.3 is 6.36 Å². The summed E-state index contributed by atoms with van der Waals surface area (Å²) in [7, 11) is 1.06. The standard InChI is InChI=1S/C9H6F3N3O4/c1-18-8-5(2-3-13)6(15(16)17)4-7(14-8)19-9(10,11)12/h4H,2H2,1H3. The molecule has 0 bridgehead atoms. The van der Waals surface area contributed by atoms with Gasteiger partial charge in [-0.05, 0) is 0 Å². The second-order valence-electron chi connectivity index (χ2n) is 3.11. The Bertz CT molecular complexity index is 539. The number of hydrogen-bond donors (Lipinski definition) is 0. The van der Waals surface area contributed by atoms with E-state index in [1.165, 1.54) is 0 Å². The Morgan fingerprint density at radius 1 is 1.58 bits per heavy atom. The molecule has 0 aliphatic carbocycles. The van der Waals surface area contributed by atoms with Crippen molar-refractivity contribution in [2.24, 2.45) is 0 Å². The molecular weight excluding hydrogens is 271 g/mol. The number of nitriles is 1. The largest absolute Gasteiger partial charge is 0.574 e. The van der Waals surface area contributed by atoms with Crippen molar-refractivity contribution in [2.45, 2.75) is 12.8 Å². The average Bonchev–Trinajstić information content (AvgIpc) is 2.28. The Morgan fingerprint density at radius 3 is 2.63 bits per heavy atom. The van der Waals surface area contributed by atoms with Crippen LogP contribution in [0.4, 0.5) is 18.9 Å². The van der Waals surface area contributed by atoms with Crippen LogP contribution in [0.1, 0.15) is 5.56 Å². The molecule has 0 aliphatic rings. The highest BCUT2D eigenvalue weighted by molar-refractivity contribution is 5.50. The summed E-state index contributed by atoms with van der Waals surface area (Å²) in [4.78, 5) is 13.1. The fourth-order valence-corrected chi connectivity index (χ4v) is 1.26. The molecule has 19 heavy (non-hydrogen) atoms. The van der Waals surface area contributed by atoms with Crippen LogP contribution in [0.5, 0.6) is 11.8 Å². The van der Waals surface area contributed by atoms with Gasteiger partial charge in [-0.1, -0.05) is 0 Å². The third kappa shape index (κ3) is 3.70. The molecule has 0 spiro atoms. The van der Waals surface area contributed by atoms with E-state index in [1.807, 2.05) is 0 Å². The van der Waals surface area contributed by atoms with Gasteiger partial charge in [-0.25, -0.2) is 0 Å². The summed E-state index contributed by atoms with van der Waals surface area (Å²) in [5.74, 6) is -1.49. The molecule has 0 fully saturated rings. The summed E-state index contributed by atoms with van der Waals surface area (Å²) in [5.41, 5.74) is -0.947. The predicted molar refractivity (Wildman–Crippen MR) is 53.4 cm³/mol. The molecule has 0 unspecified atom stereocenters. The fraction of sp³-hybridized carbons (Fsp3) is 0.333.